The van der Waals surface area contributed by atoms with Gasteiger partial charge in [0.2, 0.25) is 0 Å². The number of hydrogen-bond donors (Lipinski definition) is 1. The molecule has 0 aliphatic carbocycles. The predicted octanol–water partition coefficient (Wildman–Crippen LogP) is 4.33. The minimum atomic E-state index is -0.573. The van der Waals surface area contributed by atoms with Crippen LogP contribution in [-0.2, 0) is 15.9 Å². The fourth-order valence-electron chi connectivity index (χ4n) is 3.87. The lowest BCUT2D eigenvalue weighted by molar-refractivity contribution is 0.000883. The number of nitriles is 1. The summed E-state index contributed by atoms with van der Waals surface area (Å²) >= 11 is 0. The van der Waals surface area contributed by atoms with E-state index in [1.807, 2.05) is 60.6 Å². The number of ether oxygens (including phenoxy) is 2. The van der Waals surface area contributed by atoms with Gasteiger partial charge in [-0.2, -0.15) is 5.26 Å². The van der Waals surface area contributed by atoms with Gasteiger partial charge in [0.1, 0.15) is 11.2 Å². The van der Waals surface area contributed by atoms with Crippen LogP contribution in [0.3, 0.4) is 0 Å². The van der Waals surface area contributed by atoms with Gasteiger partial charge in [0.05, 0.1) is 11.6 Å². The molecule has 1 fully saturated rings. The lowest BCUT2D eigenvalue weighted by Crippen LogP contribution is -2.55. The van der Waals surface area contributed by atoms with Gasteiger partial charge in [-0.15, -0.1) is 0 Å². The van der Waals surface area contributed by atoms with Crippen molar-refractivity contribution >= 4 is 12.2 Å². The molecule has 0 unspecified atom stereocenters. The molecule has 2 rings (SSSR count). The van der Waals surface area contributed by atoms with Crippen LogP contribution in [0.2, 0.25) is 0 Å². The molecule has 34 heavy (non-hydrogen) atoms. The summed E-state index contributed by atoms with van der Waals surface area (Å²) in [7, 11) is 0. The lowest BCUT2D eigenvalue weighted by atomic mass is 10.0. The Morgan fingerprint density at radius 2 is 1.71 bits per heavy atom. The van der Waals surface area contributed by atoms with Crippen LogP contribution in [0.15, 0.2) is 24.3 Å². The third-order valence-electron chi connectivity index (χ3n) is 5.42. The zero-order valence-electron chi connectivity index (χ0n) is 21.7. The van der Waals surface area contributed by atoms with Crippen molar-refractivity contribution in [3.05, 3.63) is 35.4 Å². The molecular formula is C26H40N4O4. The molecule has 0 spiro atoms. The average Bonchev–Trinajstić information content (AvgIpc) is 2.70. The molecular weight excluding hydrogens is 432 g/mol. The van der Waals surface area contributed by atoms with Crippen molar-refractivity contribution in [1.82, 2.24) is 15.1 Å². The molecule has 0 saturated carbocycles. The Kier molecular flexibility index (Phi) is 9.34. The highest BCUT2D eigenvalue weighted by molar-refractivity contribution is 5.69. The molecule has 1 heterocycles. The van der Waals surface area contributed by atoms with E-state index in [0.29, 0.717) is 18.5 Å². The Bertz CT molecular complexity index is 865. The second-order valence-corrected chi connectivity index (χ2v) is 11.0. The molecule has 8 heteroatoms. The van der Waals surface area contributed by atoms with Crippen LogP contribution in [0.1, 0.15) is 66.0 Å². The highest BCUT2D eigenvalue weighted by atomic mass is 16.6. The molecule has 8 nitrogen and oxygen atoms in total. The fraction of sp³-hybridized carbons (Fsp3) is 0.654. The maximum Gasteiger partial charge on any atom is 0.410 e. The number of carbonyl (C=O) groups excluding carboxylic acids is 2. The number of nitrogens with zero attached hydrogens (tertiary/aromatic N) is 3. The van der Waals surface area contributed by atoms with Gasteiger partial charge in [0.25, 0.3) is 0 Å². The Labute approximate surface area is 204 Å². The van der Waals surface area contributed by atoms with E-state index in [0.717, 1.165) is 31.6 Å². The largest absolute Gasteiger partial charge is 0.444 e. The first-order chi connectivity index (χ1) is 15.8. The molecule has 1 N–H and O–H groups in total. The van der Waals surface area contributed by atoms with Crippen LogP contribution in [0, 0.1) is 11.3 Å². The summed E-state index contributed by atoms with van der Waals surface area (Å²) < 4.78 is 11.0. The van der Waals surface area contributed by atoms with E-state index >= 15 is 0 Å². The molecule has 1 aliphatic heterocycles. The van der Waals surface area contributed by atoms with Crippen LogP contribution in [-0.4, -0.2) is 71.5 Å². The topological polar surface area (TPSA) is 94.9 Å². The van der Waals surface area contributed by atoms with Crippen molar-refractivity contribution in [3.63, 3.8) is 0 Å². The first-order valence-corrected chi connectivity index (χ1v) is 12.0. The minimum Gasteiger partial charge on any atom is -0.444 e. The summed E-state index contributed by atoms with van der Waals surface area (Å²) in [6.07, 6.45) is 0.663. The summed E-state index contributed by atoms with van der Waals surface area (Å²) in [6.45, 7) is 16.1. The molecule has 2 amide bonds. The normalized spacial score (nSPS) is 18.1. The van der Waals surface area contributed by atoms with Crippen LogP contribution in [0.4, 0.5) is 9.59 Å². The first kappa shape index (κ1) is 27.5. The number of amides is 2. The average molecular weight is 473 g/mol. The van der Waals surface area contributed by atoms with Gasteiger partial charge in [-0.25, -0.2) is 9.59 Å². The standard InChI is InChI=1S/C26H40N4O4/c1-19-18-29(14-15-30(19)24(32)34-26(5,6)7)13-12-22(28-23(31)33-25(2,3)4)16-20-8-10-21(17-27)11-9-20/h8-11,19,22H,12-16,18H2,1-7H3,(H,28,31)/t19-,22-/m0/s1. The van der Waals surface area contributed by atoms with E-state index in [1.165, 1.54) is 0 Å². The van der Waals surface area contributed by atoms with Gasteiger partial charge >= 0.3 is 12.2 Å². The lowest BCUT2D eigenvalue weighted by Gasteiger charge is -2.40. The Morgan fingerprint density at radius 1 is 1.09 bits per heavy atom. The quantitative estimate of drug-likeness (QED) is 0.662. The van der Waals surface area contributed by atoms with Crippen LogP contribution in [0.25, 0.3) is 0 Å². The monoisotopic (exact) mass is 472 g/mol. The maximum atomic E-state index is 12.5. The number of piperazine rings is 1. The van der Waals surface area contributed by atoms with Crippen LogP contribution >= 0.6 is 0 Å². The van der Waals surface area contributed by atoms with Crippen molar-refractivity contribution in [2.45, 2.75) is 84.6 Å². The molecule has 1 saturated heterocycles. The van der Waals surface area contributed by atoms with Crippen LogP contribution in [0.5, 0.6) is 0 Å². The summed E-state index contributed by atoms with van der Waals surface area (Å²) in [5.74, 6) is 0. The SMILES string of the molecule is C[C@H]1CN(CC[C@@H](Cc2ccc(C#N)cc2)NC(=O)OC(C)(C)C)CCN1C(=O)OC(C)(C)C. The predicted molar refractivity (Wildman–Crippen MR) is 131 cm³/mol. The summed E-state index contributed by atoms with van der Waals surface area (Å²) in [5.41, 5.74) is 0.566. The summed E-state index contributed by atoms with van der Waals surface area (Å²) in [6, 6.07) is 9.47. The Balaban J connectivity index is 1.97. The zero-order valence-corrected chi connectivity index (χ0v) is 21.7. The number of benzene rings is 1. The minimum absolute atomic E-state index is 0.0411. The molecule has 1 aliphatic rings. The van der Waals surface area contributed by atoms with Crippen molar-refractivity contribution in [2.75, 3.05) is 26.2 Å². The second kappa shape index (κ2) is 11.6. The fourth-order valence-corrected chi connectivity index (χ4v) is 3.87. The van der Waals surface area contributed by atoms with E-state index in [9.17, 15) is 9.59 Å². The van der Waals surface area contributed by atoms with Gasteiger partial charge in [0.15, 0.2) is 0 Å². The highest BCUT2D eigenvalue weighted by Crippen LogP contribution is 2.17. The Morgan fingerprint density at radius 3 is 2.24 bits per heavy atom. The van der Waals surface area contributed by atoms with Crippen molar-refractivity contribution in [2.24, 2.45) is 0 Å². The molecule has 188 valence electrons. The first-order valence-electron chi connectivity index (χ1n) is 12.0. The van der Waals surface area contributed by atoms with Gasteiger partial charge in [-0.05, 0) is 79.0 Å². The van der Waals surface area contributed by atoms with Gasteiger partial charge in [0, 0.05) is 38.3 Å². The third-order valence-corrected chi connectivity index (χ3v) is 5.42. The number of rotatable bonds is 6. The number of hydrogen-bond acceptors (Lipinski definition) is 6. The molecule has 0 bridgehead atoms. The number of alkyl carbamates (subject to hydrolysis) is 1. The van der Waals surface area contributed by atoms with Crippen molar-refractivity contribution < 1.29 is 19.1 Å². The molecule has 0 radical (unpaired) electrons. The Hall–Kier alpha value is -2.79. The molecule has 2 atom stereocenters. The van der Waals surface area contributed by atoms with Gasteiger partial charge < -0.3 is 19.7 Å². The van der Waals surface area contributed by atoms with Crippen molar-refractivity contribution in [3.8, 4) is 6.07 Å². The van der Waals surface area contributed by atoms with E-state index in [4.69, 9.17) is 14.7 Å². The second-order valence-electron chi connectivity index (χ2n) is 11.0. The van der Waals surface area contributed by atoms with Gasteiger partial charge in [-0.3, -0.25) is 4.90 Å². The van der Waals surface area contributed by atoms with Gasteiger partial charge in [-0.1, -0.05) is 12.1 Å². The van der Waals surface area contributed by atoms with Crippen LogP contribution < -0.4 is 5.32 Å². The van der Waals surface area contributed by atoms with E-state index in [-0.39, 0.29) is 18.2 Å². The molecule has 1 aromatic rings. The third kappa shape index (κ3) is 9.60. The summed E-state index contributed by atoms with van der Waals surface area (Å²) in [5, 5.41) is 12.1. The number of nitrogens with one attached hydrogen (secondary N) is 1. The molecule has 0 aromatic heterocycles. The highest BCUT2D eigenvalue weighted by Gasteiger charge is 2.31. The maximum absolute atomic E-state index is 12.5. The van der Waals surface area contributed by atoms with E-state index in [1.54, 1.807) is 17.0 Å². The molecule has 1 aromatic carbocycles. The van der Waals surface area contributed by atoms with E-state index in [2.05, 4.69) is 16.3 Å². The zero-order chi connectivity index (χ0) is 25.5. The number of carbonyl (C=O) groups is 2. The summed E-state index contributed by atoms with van der Waals surface area (Å²) in [4.78, 5) is 29.0. The van der Waals surface area contributed by atoms with Crippen molar-refractivity contribution in [1.29, 1.82) is 5.26 Å². The van der Waals surface area contributed by atoms with E-state index < -0.39 is 17.3 Å². The smallest absolute Gasteiger partial charge is 0.410 e.